The highest BCUT2D eigenvalue weighted by atomic mass is 16.5. The molecular weight excluding hydrogens is 244 g/mol. The number of hydrogen-bond donors (Lipinski definition) is 1. The first-order chi connectivity index (χ1) is 9.11. The molecule has 2 aromatic carbocycles. The van der Waals surface area contributed by atoms with Gasteiger partial charge in [-0.1, -0.05) is 18.2 Å². The smallest absolute Gasteiger partial charge is 0.343 e. The molecule has 0 spiro atoms. The zero-order chi connectivity index (χ0) is 13.8. The van der Waals surface area contributed by atoms with E-state index >= 15 is 0 Å². The molecular formula is C15H14O4. The van der Waals surface area contributed by atoms with Crippen LogP contribution in [0.3, 0.4) is 0 Å². The fraction of sp³-hybridized carbons (Fsp3) is 0.133. The highest BCUT2D eigenvalue weighted by Gasteiger charge is 2.12. The summed E-state index contributed by atoms with van der Waals surface area (Å²) in [6.45, 7) is 1.84. The van der Waals surface area contributed by atoms with Gasteiger partial charge in [-0.25, -0.2) is 4.79 Å². The van der Waals surface area contributed by atoms with E-state index in [-0.39, 0.29) is 11.5 Å². The van der Waals surface area contributed by atoms with E-state index in [1.54, 1.807) is 18.2 Å². The van der Waals surface area contributed by atoms with Crippen molar-refractivity contribution in [2.45, 2.75) is 6.92 Å². The molecule has 0 unspecified atom stereocenters. The summed E-state index contributed by atoms with van der Waals surface area (Å²) in [5, 5.41) is 9.61. The van der Waals surface area contributed by atoms with Crippen LogP contribution in [0.15, 0.2) is 42.5 Å². The lowest BCUT2D eigenvalue weighted by molar-refractivity contribution is 0.0733. The number of hydrogen-bond acceptors (Lipinski definition) is 4. The molecule has 4 nitrogen and oxygen atoms in total. The molecule has 0 bridgehead atoms. The number of carbonyl (C=O) groups excluding carboxylic acids is 1. The first kappa shape index (κ1) is 13.0. The van der Waals surface area contributed by atoms with E-state index in [1.165, 1.54) is 19.2 Å². The van der Waals surface area contributed by atoms with Crippen molar-refractivity contribution in [3.05, 3.63) is 53.6 Å². The van der Waals surface area contributed by atoms with E-state index in [0.29, 0.717) is 11.3 Å². The van der Waals surface area contributed by atoms with Gasteiger partial charge in [0, 0.05) is 6.07 Å². The first-order valence-electron chi connectivity index (χ1n) is 5.76. The number of esters is 1. The molecule has 4 heteroatoms. The Kier molecular flexibility index (Phi) is 3.71. The molecule has 0 heterocycles. The van der Waals surface area contributed by atoms with Crippen LogP contribution in [0.5, 0.6) is 17.2 Å². The molecule has 0 aromatic heterocycles. The number of ether oxygens (including phenoxy) is 2. The Hall–Kier alpha value is -2.49. The minimum Gasteiger partial charge on any atom is -0.504 e. The molecule has 98 valence electrons. The zero-order valence-corrected chi connectivity index (χ0v) is 10.7. The van der Waals surface area contributed by atoms with E-state index in [0.717, 1.165) is 5.56 Å². The van der Waals surface area contributed by atoms with Crippen LogP contribution in [0.2, 0.25) is 0 Å². The van der Waals surface area contributed by atoms with Crippen molar-refractivity contribution in [2.24, 2.45) is 0 Å². The third kappa shape index (κ3) is 2.85. The molecule has 19 heavy (non-hydrogen) atoms. The van der Waals surface area contributed by atoms with Crippen LogP contribution in [-0.4, -0.2) is 18.2 Å². The predicted molar refractivity (Wildman–Crippen MR) is 70.8 cm³/mol. The summed E-state index contributed by atoms with van der Waals surface area (Å²) in [5.74, 6) is 0.0718. The van der Waals surface area contributed by atoms with Gasteiger partial charge in [0.15, 0.2) is 11.5 Å². The van der Waals surface area contributed by atoms with Gasteiger partial charge in [0.2, 0.25) is 0 Å². The van der Waals surface area contributed by atoms with E-state index in [1.807, 2.05) is 19.1 Å². The van der Waals surface area contributed by atoms with E-state index in [2.05, 4.69) is 0 Å². The number of carbonyl (C=O) groups is 1. The number of benzene rings is 2. The molecule has 0 saturated heterocycles. The van der Waals surface area contributed by atoms with Gasteiger partial charge in [-0.3, -0.25) is 0 Å². The molecule has 2 rings (SSSR count). The summed E-state index contributed by atoms with van der Waals surface area (Å²) in [6, 6.07) is 11.6. The monoisotopic (exact) mass is 258 g/mol. The predicted octanol–water partition coefficient (Wildman–Crippen LogP) is 2.93. The van der Waals surface area contributed by atoms with Gasteiger partial charge < -0.3 is 14.6 Å². The van der Waals surface area contributed by atoms with E-state index in [4.69, 9.17) is 9.47 Å². The van der Waals surface area contributed by atoms with Crippen molar-refractivity contribution in [1.82, 2.24) is 0 Å². The fourth-order valence-electron chi connectivity index (χ4n) is 1.70. The molecule has 2 aromatic rings. The lowest BCUT2D eigenvalue weighted by atomic mass is 10.1. The topological polar surface area (TPSA) is 55.8 Å². The van der Waals surface area contributed by atoms with Crippen molar-refractivity contribution in [3.63, 3.8) is 0 Å². The standard InChI is InChI=1S/C15H14O4/c1-10-5-3-4-6-12(10)15(17)19-11-7-8-14(18-2)13(16)9-11/h3-9,16H,1-2H3. The maximum absolute atomic E-state index is 12.0. The summed E-state index contributed by atoms with van der Waals surface area (Å²) >= 11 is 0. The van der Waals surface area contributed by atoms with Crippen LogP contribution >= 0.6 is 0 Å². The molecule has 0 saturated carbocycles. The van der Waals surface area contributed by atoms with Crippen molar-refractivity contribution >= 4 is 5.97 Å². The Morgan fingerprint density at radius 3 is 2.53 bits per heavy atom. The van der Waals surface area contributed by atoms with Gasteiger partial charge in [0.05, 0.1) is 12.7 Å². The van der Waals surface area contributed by atoms with Crippen LogP contribution in [-0.2, 0) is 0 Å². The molecule has 0 radical (unpaired) electrons. The molecule has 0 atom stereocenters. The molecule has 0 aliphatic rings. The quantitative estimate of drug-likeness (QED) is 0.679. The van der Waals surface area contributed by atoms with Crippen molar-refractivity contribution in [2.75, 3.05) is 7.11 Å². The SMILES string of the molecule is COc1ccc(OC(=O)c2ccccc2C)cc1O. The number of phenols is 1. The highest BCUT2D eigenvalue weighted by molar-refractivity contribution is 5.92. The van der Waals surface area contributed by atoms with Crippen molar-refractivity contribution in [3.8, 4) is 17.2 Å². The minimum atomic E-state index is -0.456. The van der Waals surface area contributed by atoms with Crippen LogP contribution in [0, 0.1) is 6.92 Å². The number of methoxy groups -OCH3 is 1. The number of aryl methyl sites for hydroxylation is 1. The second-order valence-electron chi connectivity index (χ2n) is 4.04. The lowest BCUT2D eigenvalue weighted by Gasteiger charge is -2.08. The molecule has 0 aliphatic carbocycles. The molecule has 0 amide bonds. The third-order valence-electron chi connectivity index (χ3n) is 2.73. The lowest BCUT2D eigenvalue weighted by Crippen LogP contribution is -2.09. The van der Waals surface area contributed by atoms with Gasteiger partial charge in [0.1, 0.15) is 5.75 Å². The molecule has 0 fully saturated rings. The maximum atomic E-state index is 12.0. The highest BCUT2D eigenvalue weighted by Crippen LogP contribution is 2.30. The van der Waals surface area contributed by atoms with Gasteiger partial charge in [0.25, 0.3) is 0 Å². The average Bonchev–Trinajstić information content (AvgIpc) is 2.39. The number of rotatable bonds is 3. The minimum absolute atomic E-state index is 0.0717. The average molecular weight is 258 g/mol. The van der Waals surface area contributed by atoms with Crippen molar-refractivity contribution in [1.29, 1.82) is 0 Å². The normalized spacial score (nSPS) is 10.0. The van der Waals surface area contributed by atoms with Gasteiger partial charge in [-0.2, -0.15) is 0 Å². The summed E-state index contributed by atoms with van der Waals surface area (Å²) in [4.78, 5) is 12.0. The summed E-state index contributed by atoms with van der Waals surface area (Å²) in [5.41, 5.74) is 1.34. The Balaban J connectivity index is 2.20. The Morgan fingerprint density at radius 2 is 1.89 bits per heavy atom. The van der Waals surface area contributed by atoms with Crippen LogP contribution < -0.4 is 9.47 Å². The fourth-order valence-corrected chi connectivity index (χ4v) is 1.70. The van der Waals surface area contributed by atoms with Crippen molar-refractivity contribution < 1.29 is 19.4 Å². The van der Waals surface area contributed by atoms with Crippen LogP contribution in [0.1, 0.15) is 15.9 Å². The molecule has 1 N–H and O–H groups in total. The Bertz CT molecular complexity index is 605. The second-order valence-corrected chi connectivity index (χ2v) is 4.04. The van der Waals surface area contributed by atoms with E-state index in [9.17, 15) is 9.90 Å². The Labute approximate surface area is 111 Å². The molecule has 0 aliphatic heterocycles. The Morgan fingerprint density at radius 1 is 1.16 bits per heavy atom. The van der Waals surface area contributed by atoms with Gasteiger partial charge in [-0.15, -0.1) is 0 Å². The maximum Gasteiger partial charge on any atom is 0.343 e. The first-order valence-corrected chi connectivity index (χ1v) is 5.76. The number of phenolic OH excluding ortho intramolecular Hbond substituents is 1. The largest absolute Gasteiger partial charge is 0.504 e. The number of aromatic hydroxyl groups is 1. The van der Waals surface area contributed by atoms with Crippen LogP contribution in [0.25, 0.3) is 0 Å². The van der Waals surface area contributed by atoms with Gasteiger partial charge in [-0.05, 0) is 30.7 Å². The third-order valence-corrected chi connectivity index (χ3v) is 2.73. The van der Waals surface area contributed by atoms with Crippen LogP contribution in [0.4, 0.5) is 0 Å². The van der Waals surface area contributed by atoms with Gasteiger partial charge >= 0.3 is 5.97 Å². The summed E-state index contributed by atoms with van der Waals surface area (Å²) in [6.07, 6.45) is 0. The second kappa shape index (κ2) is 5.44. The zero-order valence-electron chi connectivity index (χ0n) is 10.7. The summed E-state index contributed by atoms with van der Waals surface area (Å²) in [7, 11) is 1.45. The summed E-state index contributed by atoms with van der Waals surface area (Å²) < 4.78 is 10.1. The van der Waals surface area contributed by atoms with E-state index < -0.39 is 5.97 Å².